The molecule has 5 nitrogen and oxygen atoms in total. The number of carbonyl (C=O) groups excluding carboxylic acids is 1. The van der Waals surface area contributed by atoms with E-state index in [1.165, 1.54) is 36.0 Å². The van der Waals surface area contributed by atoms with Crippen LogP contribution in [0, 0.1) is 11.3 Å². The van der Waals surface area contributed by atoms with Crippen molar-refractivity contribution in [1.29, 1.82) is 5.26 Å². The lowest BCUT2D eigenvalue weighted by atomic mass is 10.1. The highest BCUT2D eigenvalue weighted by molar-refractivity contribution is 7.98. The van der Waals surface area contributed by atoms with Gasteiger partial charge < -0.3 is 5.32 Å². The maximum atomic E-state index is 13.8. The summed E-state index contributed by atoms with van der Waals surface area (Å²) in [7, 11) is 0. The third-order valence-corrected chi connectivity index (χ3v) is 5.80. The lowest BCUT2D eigenvalue weighted by Crippen LogP contribution is -2.52. The molecule has 0 radical (unpaired) electrons. The van der Waals surface area contributed by atoms with E-state index in [9.17, 15) is 23.2 Å². The Morgan fingerprint density at radius 3 is 2.47 bits per heavy atom. The normalized spacial score (nSPS) is 16.9. The number of pyridine rings is 1. The molecule has 30 heavy (non-hydrogen) atoms. The summed E-state index contributed by atoms with van der Waals surface area (Å²) in [4.78, 5) is 17.0. The van der Waals surface area contributed by atoms with Gasteiger partial charge in [0.25, 0.3) is 0 Å². The number of halogens is 3. The fraction of sp³-hybridized carbons (Fsp3) is 0.381. The molecular weight excluding hydrogens is 413 g/mol. The molecule has 3 rings (SSSR count). The Morgan fingerprint density at radius 1 is 1.20 bits per heavy atom. The zero-order valence-electron chi connectivity index (χ0n) is 16.0. The lowest BCUT2D eigenvalue weighted by Gasteiger charge is -2.28. The van der Waals surface area contributed by atoms with Crippen LogP contribution in [0.1, 0.15) is 30.1 Å². The topological polar surface area (TPSA) is 77.8 Å². The Hall–Kier alpha value is -2.57. The van der Waals surface area contributed by atoms with Crippen molar-refractivity contribution in [2.75, 3.05) is 5.75 Å². The zero-order valence-corrected chi connectivity index (χ0v) is 16.8. The van der Waals surface area contributed by atoms with E-state index in [1.54, 1.807) is 18.3 Å². The Bertz CT molecular complexity index is 883. The fourth-order valence-corrected chi connectivity index (χ4v) is 3.88. The maximum absolute atomic E-state index is 13.8. The van der Waals surface area contributed by atoms with Crippen molar-refractivity contribution in [2.45, 2.75) is 42.4 Å². The second-order valence-electron chi connectivity index (χ2n) is 7.12. The first-order valence-electron chi connectivity index (χ1n) is 9.42. The lowest BCUT2D eigenvalue weighted by molar-refractivity contribution is -0.160. The van der Waals surface area contributed by atoms with Crippen molar-refractivity contribution >= 4 is 17.7 Å². The number of carbonyl (C=O) groups is 1. The van der Waals surface area contributed by atoms with Gasteiger partial charge in [-0.3, -0.25) is 15.1 Å². The highest BCUT2D eigenvalue weighted by Gasteiger charge is 2.47. The van der Waals surface area contributed by atoms with Gasteiger partial charge in [0.15, 0.2) is 0 Å². The number of nitrogens with zero attached hydrogens (tertiary/aromatic N) is 2. The number of hydrogen-bond acceptors (Lipinski definition) is 5. The molecule has 158 valence electrons. The van der Waals surface area contributed by atoms with Gasteiger partial charge in [0.2, 0.25) is 5.91 Å². The van der Waals surface area contributed by atoms with Crippen LogP contribution in [0.15, 0.2) is 54.7 Å². The van der Waals surface area contributed by atoms with E-state index in [-0.39, 0.29) is 11.3 Å². The molecule has 2 N–H and O–H groups in total. The first-order valence-corrected chi connectivity index (χ1v) is 10.6. The summed E-state index contributed by atoms with van der Waals surface area (Å²) >= 11 is 1.31. The van der Waals surface area contributed by atoms with Crippen LogP contribution in [0.2, 0.25) is 0 Å². The average molecular weight is 434 g/mol. The molecule has 9 heteroatoms. The highest BCUT2D eigenvalue weighted by atomic mass is 32.2. The molecule has 1 fully saturated rings. The molecule has 0 spiro atoms. The molecule has 1 saturated carbocycles. The molecule has 1 aromatic carbocycles. The quantitative estimate of drug-likeness (QED) is 0.629. The number of amides is 1. The summed E-state index contributed by atoms with van der Waals surface area (Å²) in [6.45, 7) is 0. The largest absolute Gasteiger partial charge is 0.407 e. The fourth-order valence-electron chi connectivity index (χ4n) is 2.90. The molecule has 1 aliphatic rings. The Morgan fingerprint density at radius 2 is 1.90 bits per heavy atom. The minimum absolute atomic E-state index is 0.0268. The molecular formula is C21H21F3N4OS. The highest BCUT2D eigenvalue weighted by Crippen LogP contribution is 2.35. The van der Waals surface area contributed by atoms with Crippen LogP contribution in [0.5, 0.6) is 0 Å². The smallest absolute Gasteiger partial charge is 0.336 e. The van der Waals surface area contributed by atoms with E-state index < -0.39 is 29.7 Å². The summed E-state index contributed by atoms with van der Waals surface area (Å²) in [5.41, 5.74) is -0.157. The van der Waals surface area contributed by atoms with Crippen LogP contribution in [-0.2, 0) is 10.5 Å². The van der Waals surface area contributed by atoms with Crippen molar-refractivity contribution in [2.24, 2.45) is 0 Å². The molecule has 1 aliphatic carbocycles. The average Bonchev–Trinajstić information content (AvgIpc) is 3.51. The number of nitriles is 1. The Balaban J connectivity index is 1.74. The number of hydrogen-bond donors (Lipinski definition) is 2. The summed E-state index contributed by atoms with van der Waals surface area (Å²) in [6, 6.07) is 11.7. The Kier molecular flexibility index (Phi) is 7.00. The minimum Gasteiger partial charge on any atom is -0.336 e. The maximum Gasteiger partial charge on any atom is 0.407 e. The van der Waals surface area contributed by atoms with Gasteiger partial charge >= 0.3 is 6.18 Å². The van der Waals surface area contributed by atoms with Gasteiger partial charge in [-0.2, -0.15) is 30.2 Å². The SMILES string of the molecule is N#CC1(NC(=O)[C@H](CSCc2ccccn2)NC(c2ccccc2)C(F)(F)F)CC1. The molecule has 1 amide bonds. The van der Waals surface area contributed by atoms with Gasteiger partial charge in [-0.1, -0.05) is 36.4 Å². The molecule has 2 atom stereocenters. The second kappa shape index (κ2) is 9.49. The molecule has 0 bridgehead atoms. The Labute approximate surface area is 177 Å². The summed E-state index contributed by atoms with van der Waals surface area (Å²) in [5, 5.41) is 14.3. The third-order valence-electron chi connectivity index (χ3n) is 4.73. The van der Waals surface area contributed by atoms with Gasteiger partial charge in [-0.25, -0.2) is 0 Å². The molecule has 0 aliphatic heterocycles. The van der Waals surface area contributed by atoms with E-state index in [2.05, 4.69) is 15.6 Å². The molecule has 1 unspecified atom stereocenters. The number of benzene rings is 1. The van der Waals surface area contributed by atoms with E-state index >= 15 is 0 Å². The summed E-state index contributed by atoms with van der Waals surface area (Å²) in [6.07, 6.45) is -1.94. The molecule has 0 saturated heterocycles. The second-order valence-corrected chi connectivity index (χ2v) is 8.15. The van der Waals surface area contributed by atoms with Crippen molar-refractivity contribution in [3.63, 3.8) is 0 Å². The molecule has 1 heterocycles. The standard InChI is InChI=1S/C21H21F3N4OS/c22-21(23,24)18(15-6-2-1-3-7-15)27-17(19(29)28-20(14-25)9-10-20)13-30-12-16-8-4-5-11-26-16/h1-8,11,17-18,27H,9-10,12-13H2,(H,28,29)/t17-,18?/m0/s1. The van der Waals surface area contributed by atoms with Crippen LogP contribution in [0.4, 0.5) is 13.2 Å². The van der Waals surface area contributed by atoms with E-state index in [1.807, 2.05) is 18.2 Å². The van der Waals surface area contributed by atoms with Crippen LogP contribution in [0.25, 0.3) is 0 Å². The van der Waals surface area contributed by atoms with E-state index in [0.717, 1.165) is 5.69 Å². The van der Waals surface area contributed by atoms with Crippen molar-refractivity contribution < 1.29 is 18.0 Å². The number of aromatic nitrogens is 1. The van der Waals surface area contributed by atoms with Crippen LogP contribution in [0.3, 0.4) is 0 Å². The monoisotopic (exact) mass is 434 g/mol. The first-order chi connectivity index (χ1) is 14.3. The van der Waals surface area contributed by atoms with Gasteiger partial charge in [-0.05, 0) is 30.5 Å². The molecule has 2 aromatic rings. The van der Waals surface area contributed by atoms with E-state index in [4.69, 9.17) is 0 Å². The van der Waals surface area contributed by atoms with Gasteiger partial charge in [0.05, 0.1) is 17.8 Å². The number of rotatable bonds is 9. The number of nitrogens with one attached hydrogen (secondary N) is 2. The molecule has 1 aromatic heterocycles. The van der Waals surface area contributed by atoms with Crippen molar-refractivity contribution in [3.05, 3.63) is 66.0 Å². The van der Waals surface area contributed by atoms with Crippen LogP contribution in [-0.4, -0.2) is 34.4 Å². The van der Waals surface area contributed by atoms with Crippen molar-refractivity contribution in [3.8, 4) is 6.07 Å². The van der Waals surface area contributed by atoms with Crippen LogP contribution >= 0.6 is 11.8 Å². The number of alkyl halides is 3. The van der Waals surface area contributed by atoms with Gasteiger partial charge in [0.1, 0.15) is 11.6 Å². The summed E-state index contributed by atoms with van der Waals surface area (Å²) < 4.78 is 41.3. The third kappa shape index (κ3) is 5.97. The first kappa shape index (κ1) is 22.1. The predicted octanol–water partition coefficient (Wildman–Crippen LogP) is 3.75. The summed E-state index contributed by atoms with van der Waals surface area (Å²) in [5.74, 6) is -0.0473. The zero-order chi connectivity index (χ0) is 21.6. The van der Waals surface area contributed by atoms with Crippen LogP contribution < -0.4 is 10.6 Å². The van der Waals surface area contributed by atoms with E-state index in [0.29, 0.717) is 18.6 Å². The van der Waals surface area contributed by atoms with Crippen molar-refractivity contribution in [1.82, 2.24) is 15.6 Å². The van der Waals surface area contributed by atoms with Gasteiger partial charge in [0, 0.05) is 17.7 Å². The minimum atomic E-state index is -4.59. The predicted molar refractivity (Wildman–Crippen MR) is 108 cm³/mol. The van der Waals surface area contributed by atoms with Gasteiger partial charge in [-0.15, -0.1) is 0 Å². The number of thioether (sulfide) groups is 1.